The smallest absolute Gasteiger partial charge is 0.433 e. The quantitative estimate of drug-likeness (QED) is 0.918. The Labute approximate surface area is 114 Å². The number of nitrogens with zero attached hydrogens (tertiary/aromatic N) is 3. The second-order valence-corrected chi connectivity index (χ2v) is 4.86. The topological polar surface area (TPSA) is 64.3 Å². The summed E-state index contributed by atoms with van der Waals surface area (Å²) >= 11 is 0. The molecule has 0 amide bonds. The van der Waals surface area contributed by atoms with Gasteiger partial charge in [0.05, 0.1) is 6.61 Å². The molecule has 1 aromatic rings. The highest BCUT2D eigenvalue weighted by Crippen LogP contribution is 2.29. The van der Waals surface area contributed by atoms with E-state index in [4.69, 9.17) is 10.5 Å². The predicted octanol–water partition coefficient (Wildman–Crippen LogP) is 1.94. The molecule has 20 heavy (non-hydrogen) atoms. The summed E-state index contributed by atoms with van der Waals surface area (Å²) in [6, 6.07) is 1.19. The van der Waals surface area contributed by atoms with Crippen molar-refractivity contribution in [1.29, 1.82) is 0 Å². The van der Waals surface area contributed by atoms with E-state index in [0.29, 0.717) is 12.6 Å². The zero-order valence-electron chi connectivity index (χ0n) is 11.2. The number of rotatable bonds is 4. The number of hydrogen-bond donors (Lipinski definition) is 1. The molecule has 1 atom stereocenters. The summed E-state index contributed by atoms with van der Waals surface area (Å²) in [5.74, 6) is -0.571. The van der Waals surface area contributed by atoms with Crippen LogP contribution >= 0.6 is 0 Å². The third-order valence-electron chi connectivity index (χ3n) is 3.38. The van der Waals surface area contributed by atoms with E-state index in [1.54, 1.807) is 0 Å². The van der Waals surface area contributed by atoms with Crippen molar-refractivity contribution in [3.63, 3.8) is 0 Å². The van der Waals surface area contributed by atoms with Gasteiger partial charge in [0, 0.05) is 12.1 Å². The molecule has 0 bridgehead atoms. The van der Waals surface area contributed by atoms with Crippen molar-refractivity contribution in [2.45, 2.75) is 31.5 Å². The first-order valence-corrected chi connectivity index (χ1v) is 6.41. The first-order chi connectivity index (χ1) is 9.36. The molecule has 0 aliphatic carbocycles. The molecular formula is C12H17F3N4O. The Balaban J connectivity index is 1.94. The van der Waals surface area contributed by atoms with Gasteiger partial charge >= 0.3 is 6.18 Å². The van der Waals surface area contributed by atoms with Gasteiger partial charge in [-0.1, -0.05) is 0 Å². The number of likely N-dealkylation sites (tertiary alicyclic amines) is 1. The van der Waals surface area contributed by atoms with Crippen LogP contribution in [0.15, 0.2) is 6.07 Å². The van der Waals surface area contributed by atoms with Crippen LogP contribution in [0.1, 0.15) is 25.0 Å². The van der Waals surface area contributed by atoms with Crippen LogP contribution in [-0.2, 0) is 6.18 Å². The number of hydrogen-bond acceptors (Lipinski definition) is 5. The van der Waals surface area contributed by atoms with Crippen LogP contribution in [-0.4, -0.2) is 41.1 Å². The van der Waals surface area contributed by atoms with Gasteiger partial charge in [-0.3, -0.25) is 0 Å². The largest absolute Gasteiger partial charge is 0.477 e. The van der Waals surface area contributed by atoms with Gasteiger partial charge in [0.25, 0.3) is 0 Å². The van der Waals surface area contributed by atoms with Crippen molar-refractivity contribution in [3.05, 3.63) is 11.8 Å². The van der Waals surface area contributed by atoms with Crippen LogP contribution in [0.3, 0.4) is 0 Å². The lowest BCUT2D eigenvalue weighted by molar-refractivity contribution is -0.141. The maximum atomic E-state index is 12.6. The number of halogens is 3. The number of nitrogen functional groups attached to an aromatic ring is 1. The van der Waals surface area contributed by atoms with Gasteiger partial charge in [0.2, 0.25) is 11.8 Å². The van der Waals surface area contributed by atoms with Crippen LogP contribution in [0.2, 0.25) is 0 Å². The Kier molecular flexibility index (Phi) is 4.32. The first kappa shape index (κ1) is 14.8. The van der Waals surface area contributed by atoms with Crippen LogP contribution < -0.4 is 10.5 Å². The average Bonchev–Trinajstić information content (AvgIpc) is 2.73. The molecule has 2 rings (SSSR count). The molecule has 1 saturated heterocycles. The zero-order chi connectivity index (χ0) is 14.8. The SMILES string of the molecule is CN1CCCC1CCOc1cc(C(F)(F)F)nc(N)n1. The standard InChI is InChI=1S/C12H17F3N4O/c1-19-5-2-3-8(19)4-6-20-10-7-9(12(13,14)15)17-11(16)18-10/h7-8H,2-6H2,1H3,(H2,16,17,18). The summed E-state index contributed by atoms with van der Waals surface area (Å²) in [4.78, 5) is 9.04. The van der Waals surface area contributed by atoms with Crippen molar-refractivity contribution in [2.75, 3.05) is 25.9 Å². The van der Waals surface area contributed by atoms with E-state index in [1.807, 2.05) is 7.05 Å². The number of nitrogens with two attached hydrogens (primary N) is 1. The van der Waals surface area contributed by atoms with E-state index in [2.05, 4.69) is 14.9 Å². The van der Waals surface area contributed by atoms with Gasteiger partial charge in [0.1, 0.15) is 0 Å². The molecule has 112 valence electrons. The van der Waals surface area contributed by atoms with E-state index >= 15 is 0 Å². The van der Waals surface area contributed by atoms with Crippen LogP contribution in [0.4, 0.5) is 19.1 Å². The average molecular weight is 290 g/mol. The highest BCUT2D eigenvalue weighted by molar-refractivity contribution is 5.27. The molecule has 0 saturated carbocycles. The normalized spacial score (nSPS) is 20.3. The van der Waals surface area contributed by atoms with Crippen molar-refractivity contribution < 1.29 is 17.9 Å². The lowest BCUT2D eigenvalue weighted by Crippen LogP contribution is -2.26. The summed E-state index contributed by atoms with van der Waals surface area (Å²) in [7, 11) is 2.03. The third kappa shape index (κ3) is 3.72. The fraction of sp³-hybridized carbons (Fsp3) is 0.667. The van der Waals surface area contributed by atoms with Gasteiger partial charge in [-0.2, -0.15) is 18.2 Å². The summed E-state index contributed by atoms with van der Waals surface area (Å²) in [6.45, 7) is 1.35. The molecule has 1 aromatic heterocycles. The van der Waals surface area contributed by atoms with Crippen LogP contribution in [0.5, 0.6) is 5.88 Å². The minimum Gasteiger partial charge on any atom is -0.477 e. The van der Waals surface area contributed by atoms with Crippen molar-refractivity contribution in [2.24, 2.45) is 0 Å². The molecule has 1 aliphatic rings. The van der Waals surface area contributed by atoms with Crippen molar-refractivity contribution in [1.82, 2.24) is 14.9 Å². The maximum absolute atomic E-state index is 12.6. The van der Waals surface area contributed by atoms with E-state index in [1.165, 1.54) is 0 Å². The summed E-state index contributed by atoms with van der Waals surface area (Å²) < 4.78 is 43.0. The summed E-state index contributed by atoms with van der Waals surface area (Å²) in [6.07, 6.45) is -1.58. The molecule has 1 fully saturated rings. The molecule has 1 aliphatic heterocycles. The van der Waals surface area contributed by atoms with Gasteiger partial charge in [-0.15, -0.1) is 0 Å². The highest BCUT2D eigenvalue weighted by atomic mass is 19.4. The van der Waals surface area contributed by atoms with Gasteiger partial charge in [-0.25, -0.2) is 4.98 Å². The Morgan fingerprint density at radius 2 is 2.20 bits per heavy atom. The van der Waals surface area contributed by atoms with E-state index < -0.39 is 17.8 Å². The lowest BCUT2D eigenvalue weighted by Gasteiger charge is -2.19. The monoisotopic (exact) mass is 290 g/mol. The minimum atomic E-state index is -4.55. The van der Waals surface area contributed by atoms with Gasteiger partial charge < -0.3 is 15.4 Å². The molecule has 2 heterocycles. The molecule has 0 spiro atoms. The number of ether oxygens (including phenoxy) is 1. The first-order valence-electron chi connectivity index (χ1n) is 6.41. The fourth-order valence-electron chi connectivity index (χ4n) is 2.31. The van der Waals surface area contributed by atoms with E-state index in [9.17, 15) is 13.2 Å². The molecule has 0 radical (unpaired) electrons. The molecule has 8 heteroatoms. The summed E-state index contributed by atoms with van der Waals surface area (Å²) in [5, 5.41) is 0. The third-order valence-corrected chi connectivity index (χ3v) is 3.38. The second-order valence-electron chi connectivity index (χ2n) is 4.86. The van der Waals surface area contributed by atoms with Gasteiger partial charge in [0.15, 0.2) is 5.69 Å². The maximum Gasteiger partial charge on any atom is 0.433 e. The number of alkyl halides is 3. The number of anilines is 1. The highest BCUT2D eigenvalue weighted by Gasteiger charge is 2.33. The Morgan fingerprint density at radius 3 is 2.80 bits per heavy atom. The van der Waals surface area contributed by atoms with Crippen molar-refractivity contribution in [3.8, 4) is 5.88 Å². The lowest BCUT2D eigenvalue weighted by atomic mass is 10.1. The van der Waals surface area contributed by atoms with Crippen LogP contribution in [0.25, 0.3) is 0 Å². The summed E-state index contributed by atoms with van der Waals surface area (Å²) in [5.41, 5.74) is 4.18. The fourth-order valence-corrected chi connectivity index (χ4v) is 2.31. The molecule has 5 nitrogen and oxygen atoms in total. The van der Waals surface area contributed by atoms with E-state index in [0.717, 1.165) is 31.9 Å². The van der Waals surface area contributed by atoms with Gasteiger partial charge in [-0.05, 0) is 32.9 Å². The Bertz CT molecular complexity index is 467. The predicted molar refractivity (Wildman–Crippen MR) is 67.2 cm³/mol. The minimum absolute atomic E-state index is 0.134. The second kappa shape index (κ2) is 5.82. The molecular weight excluding hydrogens is 273 g/mol. The Morgan fingerprint density at radius 1 is 1.45 bits per heavy atom. The molecule has 1 unspecified atom stereocenters. The Hall–Kier alpha value is -1.57. The number of aromatic nitrogens is 2. The van der Waals surface area contributed by atoms with E-state index in [-0.39, 0.29) is 5.88 Å². The van der Waals surface area contributed by atoms with Crippen molar-refractivity contribution >= 4 is 5.95 Å². The zero-order valence-corrected chi connectivity index (χ0v) is 11.2. The molecule has 2 N–H and O–H groups in total. The van der Waals surface area contributed by atoms with Crippen LogP contribution in [0, 0.1) is 0 Å². The molecule has 0 aromatic carbocycles.